The van der Waals surface area contributed by atoms with Crippen LogP contribution in [0.2, 0.25) is 0 Å². The topological polar surface area (TPSA) is 134 Å². The molecular weight excluding hydrogens is 286 g/mol. The summed E-state index contributed by atoms with van der Waals surface area (Å²) >= 11 is 0. The quantitative estimate of drug-likeness (QED) is 0.468. The van der Waals surface area contributed by atoms with Crippen LogP contribution < -0.4 is 5.73 Å². The number of aliphatic hydroxyl groups is 1. The summed E-state index contributed by atoms with van der Waals surface area (Å²) in [6, 6.07) is -1.03. The number of esters is 3. The highest BCUT2D eigenvalue weighted by Crippen LogP contribution is 2.24. The van der Waals surface area contributed by atoms with E-state index >= 15 is 0 Å². The maximum atomic E-state index is 11.1. The first-order valence-corrected chi connectivity index (χ1v) is 6.29. The van der Waals surface area contributed by atoms with Gasteiger partial charge in [-0.3, -0.25) is 14.4 Å². The maximum Gasteiger partial charge on any atom is 0.303 e. The third-order valence-electron chi connectivity index (χ3n) is 2.78. The van der Waals surface area contributed by atoms with Crippen molar-refractivity contribution in [2.75, 3.05) is 6.61 Å². The Hall–Kier alpha value is -1.71. The second-order valence-electron chi connectivity index (χ2n) is 4.59. The van der Waals surface area contributed by atoms with Crippen molar-refractivity contribution in [3.63, 3.8) is 0 Å². The number of carbonyl (C=O) groups excluding carboxylic acids is 3. The third kappa shape index (κ3) is 4.96. The van der Waals surface area contributed by atoms with Crippen molar-refractivity contribution in [2.24, 2.45) is 5.73 Å². The number of aliphatic hydroxyl groups excluding tert-OH is 1. The molecule has 21 heavy (non-hydrogen) atoms. The molecule has 0 aromatic heterocycles. The lowest BCUT2D eigenvalue weighted by Crippen LogP contribution is -2.64. The van der Waals surface area contributed by atoms with Gasteiger partial charge in [0, 0.05) is 20.8 Å². The SMILES string of the molecule is CC(=O)OC[C@H]1O[C@@H](O)[C@H](OC(C)=O)[C@@H](N)[C@@H]1OC(C)=O. The van der Waals surface area contributed by atoms with E-state index in [4.69, 9.17) is 24.7 Å². The van der Waals surface area contributed by atoms with E-state index in [1.807, 2.05) is 0 Å². The van der Waals surface area contributed by atoms with E-state index < -0.39 is 48.6 Å². The monoisotopic (exact) mass is 305 g/mol. The second kappa shape index (κ2) is 7.34. The molecule has 0 saturated carbocycles. The van der Waals surface area contributed by atoms with Crippen molar-refractivity contribution in [1.82, 2.24) is 0 Å². The van der Waals surface area contributed by atoms with Crippen LogP contribution in [0, 0.1) is 0 Å². The highest BCUT2D eigenvalue weighted by Gasteiger charge is 2.47. The van der Waals surface area contributed by atoms with Crippen molar-refractivity contribution < 1.29 is 38.4 Å². The third-order valence-corrected chi connectivity index (χ3v) is 2.78. The number of hydrogen-bond donors (Lipinski definition) is 2. The van der Waals surface area contributed by atoms with Crippen LogP contribution in [-0.4, -0.2) is 60.3 Å². The molecule has 1 rings (SSSR count). The van der Waals surface area contributed by atoms with Gasteiger partial charge in [-0.05, 0) is 0 Å². The average Bonchev–Trinajstić information content (AvgIpc) is 2.35. The molecule has 0 aliphatic carbocycles. The first-order chi connectivity index (χ1) is 9.72. The standard InChI is InChI=1S/C12H19NO8/c1-5(14)18-4-8-10(19-6(2)15)9(13)11(12(17)21-8)20-7(3)16/h8-12,17H,4,13H2,1-3H3/t8-,9+,10-,11-,12-/m1/s1. The zero-order chi connectivity index (χ0) is 16.2. The predicted molar refractivity (Wildman–Crippen MR) is 66.6 cm³/mol. The van der Waals surface area contributed by atoms with E-state index in [9.17, 15) is 19.5 Å². The van der Waals surface area contributed by atoms with Gasteiger partial charge in [0.25, 0.3) is 0 Å². The van der Waals surface area contributed by atoms with Gasteiger partial charge >= 0.3 is 17.9 Å². The summed E-state index contributed by atoms with van der Waals surface area (Å²) in [4.78, 5) is 33.0. The number of rotatable bonds is 4. The first-order valence-electron chi connectivity index (χ1n) is 6.29. The molecule has 3 N–H and O–H groups in total. The fourth-order valence-electron chi connectivity index (χ4n) is 1.97. The van der Waals surface area contributed by atoms with Gasteiger partial charge in [0.1, 0.15) is 12.7 Å². The molecule has 0 aromatic carbocycles. The van der Waals surface area contributed by atoms with Crippen LogP contribution >= 0.6 is 0 Å². The Morgan fingerprint density at radius 3 is 2.05 bits per heavy atom. The summed E-state index contributed by atoms with van der Waals surface area (Å²) < 4.78 is 19.8. The minimum absolute atomic E-state index is 0.259. The lowest BCUT2D eigenvalue weighted by atomic mass is 9.96. The van der Waals surface area contributed by atoms with Crippen LogP contribution in [0.25, 0.3) is 0 Å². The van der Waals surface area contributed by atoms with E-state index in [0.29, 0.717) is 0 Å². The number of ether oxygens (including phenoxy) is 4. The Bertz CT molecular complexity index is 410. The fraction of sp³-hybridized carbons (Fsp3) is 0.750. The molecule has 0 unspecified atom stereocenters. The molecule has 1 aliphatic heterocycles. The molecule has 0 amide bonds. The van der Waals surface area contributed by atoms with Gasteiger partial charge in [-0.2, -0.15) is 0 Å². The number of hydrogen-bond acceptors (Lipinski definition) is 9. The van der Waals surface area contributed by atoms with Gasteiger partial charge in [0.2, 0.25) is 0 Å². The van der Waals surface area contributed by atoms with Crippen molar-refractivity contribution >= 4 is 17.9 Å². The molecule has 9 heteroatoms. The zero-order valence-corrected chi connectivity index (χ0v) is 12.0. The van der Waals surface area contributed by atoms with Gasteiger partial charge in [0.05, 0.1) is 6.04 Å². The van der Waals surface area contributed by atoms with E-state index in [0.717, 1.165) is 6.92 Å². The van der Waals surface area contributed by atoms with Gasteiger partial charge in [-0.25, -0.2) is 0 Å². The molecule has 1 heterocycles. The molecule has 1 saturated heterocycles. The van der Waals surface area contributed by atoms with Crippen molar-refractivity contribution in [2.45, 2.75) is 51.4 Å². The zero-order valence-electron chi connectivity index (χ0n) is 12.0. The lowest BCUT2D eigenvalue weighted by molar-refractivity contribution is -0.268. The minimum atomic E-state index is -1.52. The first kappa shape index (κ1) is 17.3. The summed E-state index contributed by atoms with van der Waals surface area (Å²) in [6.45, 7) is 3.25. The predicted octanol–water partition coefficient (Wildman–Crippen LogP) is -1.54. The average molecular weight is 305 g/mol. The summed E-state index contributed by atoms with van der Waals surface area (Å²) in [5.74, 6) is -1.87. The Morgan fingerprint density at radius 2 is 1.57 bits per heavy atom. The Morgan fingerprint density at radius 1 is 1.05 bits per heavy atom. The maximum absolute atomic E-state index is 11.1. The van der Waals surface area contributed by atoms with Gasteiger partial charge in [-0.1, -0.05) is 0 Å². The van der Waals surface area contributed by atoms with Gasteiger partial charge in [-0.15, -0.1) is 0 Å². The summed E-state index contributed by atoms with van der Waals surface area (Å²) in [7, 11) is 0. The summed E-state index contributed by atoms with van der Waals surface area (Å²) in [6.07, 6.45) is -4.71. The van der Waals surface area contributed by atoms with E-state index in [2.05, 4.69) is 0 Å². The highest BCUT2D eigenvalue weighted by molar-refractivity contribution is 5.67. The second-order valence-corrected chi connectivity index (χ2v) is 4.59. The van der Waals surface area contributed by atoms with Gasteiger partial charge in [0.15, 0.2) is 18.5 Å². The van der Waals surface area contributed by atoms with E-state index in [-0.39, 0.29) is 6.61 Å². The van der Waals surface area contributed by atoms with Crippen LogP contribution in [0.3, 0.4) is 0 Å². The molecule has 0 spiro atoms. The van der Waals surface area contributed by atoms with Crippen LogP contribution in [0.1, 0.15) is 20.8 Å². The summed E-state index contributed by atoms with van der Waals surface area (Å²) in [5.41, 5.74) is 5.87. The Kier molecular flexibility index (Phi) is 6.06. The molecule has 1 aliphatic rings. The fourth-order valence-corrected chi connectivity index (χ4v) is 1.97. The minimum Gasteiger partial charge on any atom is -0.463 e. The van der Waals surface area contributed by atoms with E-state index in [1.165, 1.54) is 13.8 Å². The molecular formula is C12H19NO8. The summed E-state index contributed by atoms with van der Waals surface area (Å²) in [5, 5.41) is 9.82. The molecule has 5 atom stereocenters. The number of carbonyl (C=O) groups is 3. The van der Waals surface area contributed by atoms with Crippen molar-refractivity contribution in [3.8, 4) is 0 Å². The molecule has 120 valence electrons. The van der Waals surface area contributed by atoms with Gasteiger partial charge < -0.3 is 29.8 Å². The van der Waals surface area contributed by atoms with Crippen LogP contribution in [-0.2, 0) is 33.3 Å². The van der Waals surface area contributed by atoms with Crippen LogP contribution in [0.15, 0.2) is 0 Å². The van der Waals surface area contributed by atoms with Crippen molar-refractivity contribution in [1.29, 1.82) is 0 Å². The number of nitrogens with two attached hydrogens (primary N) is 1. The molecule has 0 aromatic rings. The largest absolute Gasteiger partial charge is 0.463 e. The molecule has 9 nitrogen and oxygen atoms in total. The van der Waals surface area contributed by atoms with E-state index in [1.54, 1.807) is 0 Å². The van der Waals surface area contributed by atoms with Crippen LogP contribution in [0.5, 0.6) is 0 Å². The smallest absolute Gasteiger partial charge is 0.303 e. The molecule has 0 radical (unpaired) electrons. The van der Waals surface area contributed by atoms with Crippen molar-refractivity contribution in [3.05, 3.63) is 0 Å². The Balaban J connectivity index is 2.86. The molecule has 0 bridgehead atoms. The normalized spacial score (nSPS) is 32.1. The van der Waals surface area contributed by atoms with Crippen LogP contribution in [0.4, 0.5) is 0 Å². The lowest BCUT2D eigenvalue weighted by Gasteiger charge is -2.41. The molecule has 1 fully saturated rings. The Labute approximate surface area is 121 Å². The highest BCUT2D eigenvalue weighted by atomic mass is 16.7.